The molecule has 1 saturated heterocycles. The van der Waals surface area contributed by atoms with Crippen molar-refractivity contribution in [3.8, 4) is 11.5 Å². The van der Waals surface area contributed by atoms with Crippen LogP contribution in [-0.4, -0.2) is 63.5 Å². The molecule has 2 aromatic rings. The molecule has 1 fully saturated rings. The van der Waals surface area contributed by atoms with Gasteiger partial charge in [0.15, 0.2) is 5.78 Å². The summed E-state index contributed by atoms with van der Waals surface area (Å²) in [5.74, 6) is 0.912. The lowest BCUT2D eigenvalue weighted by Crippen LogP contribution is -2.60. The molecule has 1 unspecified atom stereocenters. The number of ether oxygens (including phenoxy) is 3. The second-order valence-corrected chi connectivity index (χ2v) is 7.11. The number of hydrogen-bond acceptors (Lipinski definition) is 8. The van der Waals surface area contributed by atoms with Crippen LogP contribution < -0.4 is 9.47 Å². The molecule has 0 aliphatic carbocycles. The Bertz CT molecular complexity index is 865. The van der Waals surface area contributed by atoms with Crippen LogP contribution in [0.15, 0.2) is 48.5 Å². The van der Waals surface area contributed by atoms with Crippen molar-refractivity contribution in [1.82, 2.24) is 0 Å². The first kappa shape index (κ1) is 19.8. The normalized spacial score (nSPS) is 31.7. The molecular formula is C21H22O8. The number of hydrogen-bond donors (Lipinski definition) is 4. The number of rotatable bonds is 4. The summed E-state index contributed by atoms with van der Waals surface area (Å²) < 4.78 is 16.8. The number of Topliss-reactive ketones (excluding diaryl/α,β-unsaturated/α-hetero) is 1. The van der Waals surface area contributed by atoms with Crippen LogP contribution in [0.5, 0.6) is 11.5 Å². The van der Waals surface area contributed by atoms with Crippen molar-refractivity contribution in [3.05, 3.63) is 59.7 Å². The molecule has 6 atom stereocenters. The predicted molar refractivity (Wildman–Crippen MR) is 99.6 cm³/mol. The molecule has 2 aliphatic heterocycles. The predicted octanol–water partition coefficient (Wildman–Crippen LogP) is 0.572. The summed E-state index contributed by atoms with van der Waals surface area (Å²) >= 11 is 0. The third-order valence-corrected chi connectivity index (χ3v) is 5.18. The van der Waals surface area contributed by atoms with Crippen LogP contribution >= 0.6 is 0 Å². The highest BCUT2D eigenvalue weighted by Crippen LogP contribution is 2.35. The standard InChI is InChI=1S/C21H22O8/c22-10-17-18(24)19(25)20(26)21(29-17)27-12-7-5-11(6-8-12)16-9-14(23)13-3-1-2-4-15(13)28-16/h1-8,16-22,24-26H,9-10H2/t16?,17-,18-,19+,20-,21-/m1/s1. The average Bonchev–Trinajstić information content (AvgIpc) is 2.74. The smallest absolute Gasteiger partial charge is 0.229 e. The molecule has 8 nitrogen and oxygen atoms in total. The number of ketones is 1. The topological polar surface area (TPSA) is 126 Å². The molecule has 0 bridgehead atoms. The van der Waals surface area contributed by atoms with Crippen molar-refractivity contribution in [2.24, 2.45) is 0 Å². The summed E-state index contributed by atoms with van der Waals surface area (Å²) in [5.41, 5.74) is 1.36. The van der Waals surface area contributed by atoms with Crippen molar-refractivity contribution < 1.29 is 39.4 Å². The minimum atomic E-state index is -1.51. The molecule has 154 valence electrons. The molecule has 4 rings (SSSR count). The fraction of sp³-hybridized carbons (Fsp3) is 0.381. The Morgan fingerprint density at radius 1 is 0.966 bits per heavy atom. The van der Waals surface area contributed by atoms with E-state index in [4.69, 9.17) is 14.2 Å². The summed E-state index contributed by atoms with van der Waals surface area (Å²) in [6.45, 7) is -0.529. The minimum absolute atomic E-state index is 0.0125. The average molecular weight is 402 g/mol. The van der Waals surface area contributed by atoms with Gasteiger partial charge in [-0.05, 0) is 29.8 Å². The maximum atomic E-state index is 12.3. The number of benzene rings is 2. The monoisotopic (exact) mass is 402 g/mol. The zero-order valence-electron chi connectivity index (χ0n) is 15.4. The summed E-state index contributed by atoms with van der Waals surface area (Å²) in [7, 11) is 0. The zero-order chi connectivity index (χ0) is 20.5. The van der Waals surface area contributed by atoms with Gasteiger partial charge in [-0.3, -0.25) is 4.79 Å². The fourth-order valence-corrected chi connectivity index (χ4v) is 3.52. The van der Waals surface area contributed by atoms with Gasteiger partial charge in [-0.2, -0.15) is 0 Å². The zero-order valence-corrected chi connectivity index (χ0v) is 15.4. The summed E-state index contributed by atoms with van der Waals surface area (Å²) in [6.07, 6.45) is -6.92. The number of aliphatic hydroxyl groups excluding tert-OH is 4. The number of carbonyl (C=O) groups excluding carboxylic acids is 1. The molecule has 4 N–H and O–H groups in total. The van der Waals surface area contributed by atoms with Gasteiger partial charge in [-0.1, -0.05) is 24.3 Å². The van der Waals surface area contributed by atoms with E-state index >= 15 is 0 Å². The fourth-order valence-electron chi connectivity index (χ4n) is 3.52. The molecule has 2 aromatic carbocycles. The van der Waals surface area contributed by atoms with Gasteiger partial charge in [0, 0.05) is 0 Å². The molecule has 2 heterocycles. The van der Waals surface area contributed by atoms with E-state index in [1.54, 1.807) is 42.5 Å². The molecular weight excluding hydrogens is 380 g/mol. The number of aliphatic hydroxyl groups is 4. The Morgan fingerprint density at radius 3 is 2.41 bits per heavy atom. The molecule has 8 heteroatoms. The first-order valence-corrected chi connectivity index (χ1v) is 9.34. The Kier molecular flexibility index (Phi) is 5.53. The number of para-hydroxylation sites is 1. The summed E-state index contributed by atoms with van der Waals surface area (Å²) in [6, 6.07) is 13.9. The van der Waals surface area contributed by atoms with Gasteiger partial charge < -0.3 is 34.6 Å². The van der Waals surface area contributed by atoms with Gasteiger partial charge in [0.2, 0.25) is 6.29 Å². The Hall–Kier alpha value is -2.49. The van der Waals surface area contributed by atoms with E-state index in [-0.39, 0.29) is 12.2 Å². The Morgan fingerprint density at radius 2 is 1.69 bits per heavy atom. The molecule has 29 heavy (non-hydrogen) atoms. The highest BCUT2D eigenvalue weighted by Gasteiger charge is 2.44. The first-order chi connectivity index (χ1) is 14.0. The van der Waals surface area contributed by atoms with Gasteiger partial charge in [-0.15, -0.1) is 0 Å². The van der Waals surface area contributed by atoms with E-state index in [0.29, 0.717) is 17.1 Å². The summed E-state index contributed by atoms with van der Waals surface area (Å²) in [5, 5.41) is 39.0. The highest BCUT2D eigenvalue weighted by atomic mass is 16.7. The van der Waals surface area contributed by atoms with E-state index < -0.39 is 43.4 Å². The van der Waals surface area contributed by atoms with Gasteiger partial charge in [0.05, 0.1) is 18.6 Å². The van der Waals surface area contributed by atoms with Crippen molar-refractivity contribution in [2.75, 3.05) is 6.61 Å². The molecule has 0 radical (unpaired) electrons. The van der Waals surface area contributed by atoms with E-state index in [9.17, 15) is 25.2 Å². The van der Waals surface area contributed by atoms with Crippen LogP contribution in [0, 0.1) is 0 Å². The maximum absolute atomic E-state index is 12.3. The lowest BCUT2D eigenvalue weighted by atomic mass is 9.96. The van der Waals surface area contributed by atoms with Crippen molar-refractivity contribution >= 4 is 5.78 Å². The van der Waals surface area contributed by atoms with Crippen LogP contribution in [0.4, 0.5) is 0 Å². The molecule has 2 aliphatic rings. The lowest BCUT2D eigenvalue weighted by Gasteiger charge is -2.39. The van der Waals surface area contributed by atoms with Crippen molar-refractivity contribution in [1.29, 1.82) is 0 Å². The second kappa shape index (κ2) is 8.10. The highest BCUT2D eigenvalue weighted by molar-refractivity contribution is 5.99. The van der Waals surface area contributed by atoms with Crippen molar-refractivity contribution in [3.63, 3.8) is 0 Å². The van der Waals surface area contributed by atoms with E-state index in [0.717, 1.165) is 5.56 Å². The summed E-state index contributed by atoms with van der Waals surface area (Å²) in [4.78, 5) is 12.3. The third kappa shape index (κ3) is 3.85. The van der Waals surface area contributed by atoms with Gasteiger partial charge in [0.1, 0.15) is 42.0 Å². The third-order valence-electron chi connectivity index (χ3n) is 5.18. The van der Waals surface area contributed by atoms with E-state index in [2.05, 4.69) is 0 Å². The van der Waals surface area contributed by atoms with Crippen LogP contribution in [0.2, 0.25) is 0 Å². The Labute approximate surface area is 166 Å². The van der Waals surface area contributed by atoms with Crippen LogP contribution in [-0.2, 0) is 4.74 Å². The van der Waals surface area contributed by atoms with Crippen LogP contribution in [0.1, 0.15) is 28.4 Å². The number of fused-ring (bicyclic) bond motifs is 1. The van der Waals surface area contributed by atoms with E-state index in [1.807, 2.05) is 6.07 Å². The van der Waals surface area contributed by atoms with E-state index in [1.165, 1.54) is 0 Å². The largest absolute Gasteiger partial charge is 0.484 e. The molecule has 0 saturated carbocycles. The second-order valence-electron chi connectivity index (χ2n) is 7.11. The molecule has 0 amide bonds. The van der Waals surface area contributed by atoms with Gasteiger partial charge >= 0.3 is 0 Å². The van der Waals surface area contributed by atoms with Crippen LogP contribution in [0.25, 0.3) is 0 Å². The molecule has 0 spiro atoms. The van der Waals surface area contributed by atoms with Gasteiger partial charge in [0.25, 0.3) is 0 Å². The number of carbonyl (C=O) groups is 1. The molecule has 0 aromatic heterocycles. The quantitative estimate of drug-likeness (QED) is 0.585. The Balaban J connectivity index is 1.45. The van der Waals surface area contributed by atoms with Crippen LogP contribution in [0.3, 0.4) is 0 Å². The maximum Gasteiger partial charge on any atom is 0.229 e. The van der Waals surface area contributed by atoms with Crippen molar-refractivity contribution in [2.45, 2.75) is 43.2 Å². The lowest BCUT2D eigenvalue weighted by molar-refractivity contribution is -0.277. The minimum Gasteiger partial charge on any atom is -0.484 e. The first-order valence-electron chi connectivity index (χ1n) is 9.34. The van der Waals surface area contributed by atoms with Gasteiger partial charge in [-0.25, -0.2) is 0 Å². The SMILES string of the molecule is O=C1CC(c2ccc(O[C@@H]3O[C@H](CO)[C@@H](O)[C@H](O)[C@H]3O)cc2)Oc2ccccc21.